The van der Waals surface area contributed by atoms with Gasteiger partial charge in [0.25, 0.3) is 0 Å². The van der Waals surface area contributed by atoms with E-state index in [4.69, 9.17) is 14.6 Å². The minimum Gasteiger partial charge on any atom is -0.504 e. The minimum absolute atomic E-state index is 0.461. The number of carbonyl (C=O) groups is 2. The summed E-state index contributed by atoms with van der Waals surface area (Å²) in [6.45, 7) is -1.97. The van der Waals surface area contributed by atoms with Crippen molar-refractivity contribution in [1.82, 2.24) is 0 Å². The molecule has 0 heterocycles. The smallest absolute Gasteiger partial charge is 0.338 e. The van der Waals surface area contributed by atoms with Crippen LogP contribution in [0, 0.1) is 0 Å². The number of phenolic OH excluding ortho intramolecular Hbond substituents is 6. The van der Waals surface area contributed by atoms with Gasteiger partial charge in [0.05, 0.1) is 17.7 Å². The van der Waals surface area contributed by atoms with Crippen LogP contribution < -0.4 is 0 Å². The van der Waals surface area contributed by atoms with Gasteiger partial charge in [-0.05, 0) is 24.3 Å². The second kappa shape index (κ2) is 10.8. The molecule has 186 valence electrons. The summed E-state index contributed by atoms with van der Waals surface area (Å²) in [5, 5.41) is 95.5. The van der Waals surface area contributed by atoms with E-state index < -0.39 is 95.2 Å². The fourth-order valence-corrected chi connectivity index (χ4v) is 2.65. The van der Waals surface area contributed by atoms with Crippen LogP contribution in [0.3, 0.4) is 0 Å². The number of ether oxygens (including phenoxy) is 2. The summed E-state index contributed by atoms with van der Waals surface area (Å²) in [6.07, 6.45) is -8.02. The molecule has 0 spiro atoms. The number of phenols is 6. The molecule has 2 rings (SSSR count). The largest absolute Gasteiger partial charge is 0.504 e. The molecule has 10 N–H and O–H groups in total. The number of aliphatic hydroxyl groups excluding tert-OH is 4. The second-order valence-electron chi connectivity index (χ2n) is 7.00. The van der Waals surface area contributed by atoms with Crippen molar-refractivity contribution in [1.29, 1.82) is 0 Å². The predicted octanol–water partition coefficient (Wildman–Crippen LogP) is -1.62. The van der Waals surface area contributed by atoms with Gasteiger partial charge >= 0.3 is 11.9 Å². The normalized spacial score (nSPS) is 14.6. The molecule has 0 aliphatic carbocycles. The van der Waals surface area contributed by atoms with Crippen molar-refractivity contribution in [3.05, 3.63) is 35.4 Å². The highest BCUT2D eigenvalue weighted by Crippen LogP contribution is 2.36. The third-order valence-electron chi connectivity index (χ3n) is 4.56. The Morgan fingerprint density at radius 1 is 0.706 bits per heavy atom. The summed E-state index contributed by atoms with van der Waals surface area (Å²) in [4.78, 5) is 24.6. The number of hydrogen-bond acceptors (Lipinski definition) is 14. The standard InChI is InChI=1S/C20H22O14/c21-5-13(26)17(29)18(30)14(34-20(32)8-3-11(24)16(28)12(25)4-8)6-33-19(31)7-1-9(22)15(27)10(23)2-7/h1-4,13-14,17-18,21-30H,5-6H2/t13-,14-,17-,18-/m1/s1. The highest BCUT2D eigenvalue weighted by atomic mass is 16.6. The Hall–Kier alpha value is -3.98. The average Bonchev–Trinajstić information content (AvgIpc) is 2.80. The van der Waals surface area contributed by atoms with Crippen LogP contribution in [0.5, 0.6) is 34.5 Å². The van der Waals surface area contributed by atoms with Crippen molar-refractivity contribution < 1.29 is 70.1 Å². The maximum atomic E-state index is 12.4. The molecule has 14 nitrogen and oxygen atoms in total. The van der Waals surface area contributed by atoms with Crippen molar-refractivity contribution >= 4 is 11.9 Å². The fraction of sp³-hybridized carbons (Fsp3) is 0.300. The zero-order valence-corrected chi connectivity index (χ0v) is 17.1. The van der Waals surface area contributed by atoms with E-state index in [1.54, 1.807) is 0 Å². The summed E-state index contributed by atoms with van der Waals surface area (Å²) in [5.41, 5.74) is -0.987. The average molecular weight is 486 g/mol. The van der Waals surface area contributed by atoms with Crippen LogP contribution in [-0.4, -0.2) is 101 Å². The van der Waals surface area contributed by atoms with E-state index in [2.05, 4.69) is 0 Å². The Balaban J connectivity index is 2.25. The van der Waals surface area contributed by atoms with E-state index in [-0.39, 0.29) is 0 Å². The summed E-state index contributed by atoms with van der Waals surface area (Å²) >= 11 is 0. The van der Waals surface area contributed by atoms with E-state index in [1.165, 1.54) is 0 Å². The Morgan fingerprint density at radius 3 is 1.53 bits per heavy atom. The van der Waals surface area contributed by atoms with Gasteiger partial charge in [-0.15, -0.1) is 0 Å². The van der Waals surface area contributed by atoms with Gasteiger partial charge in [0.1, 0.15) is 24.9 Å². The molecule has 2 aromatic carbocycles. The van der Waals surface area contributed by atoms with Gasteiger partial charge in [-0.1, -0.05) is 0 Å². The predicted molar refractivity (Wildman–Crippen MR) is 107 cm³/mol. The maximum Gasteiger partial charge on any atom is 0.338 e. The first-order valence-electron chi connectivity index (χ1n) is 9.40. The first-order chi connectivity index (χ1) is 15.9. The summed E-state index contributed by atoms with van der Waals surface area (Å²) < 4.78 is 9.81. The maximum absolute atomic E-state index is 12.4. The molecular formula is C20H22O14. The lowest BCUT2D eigenvalue weighted by atomic mass is 10.0. The second-order valence-corrected chi connectivity index (χ2v) is 7.00. The molecule has 0 bridgehead atoms. The van der Waals surface area contributed by atoms with E-state index in [0.717, 1.165) is 12.1 Å². The van der Waals surface area contributed by atoms with Gasteiger partial charge in [-0.25, -0.2) is 9.59 Å². The van der Waals surface area contributed by atoms with Gasteiger partial charge in [-0.2, -0.15) is 0 Å². The number of carbonyl (C=O) groups excluding carboxylic acids is 2. The number of benzene rings is 2. The molecule has 0 aliphatic heterocycles. The molecular weight excluding hydrogens is 464 g/mol. The van der Waals surface area contributed by atoms with Crippen LogP contribution in [-0.2, 0) is 9.47 Å². The topological polar surface area (TPSA) is 255 Å². The molecule has 4 atom stereocenters. The van der Waals surface area contributed by atoms with E-state index >= 15 is 0 Å². The fourth-order valence-electron chi connectivity index (χ4n) is 2.65. The number of aliphatic hydroxyl groups is 4. The molecule has 0 amide bonds. The molecule has 0 fully saturated rings. The Morgan fingerprint density at radius 2 is 1.12 bits per heavy atom. The van der Waals surface area contributed by atoms with E-state index in [9.17, 15) is 55.5 Å². The number of hydrogen-bond donors (Lipinski definition) is 10. The molecule has 0 aromatic heterocycles. The van der Waals surface area contributed by atoms with Gasteiger partial charge in [0.2, 0.25) is 0 Å². The SMILES string of the molecule is O=C(OC[C@@H](OC(=O)c1cc(O)c(O)c(O)c1)[C@@H](O)[C@H](O)[C@H](O)CO)c1cc(O)c(O)c(O)c1. The lowest BCUT2D eigenvalue weighted by molar-refractivity contribution is -0.127. The van der Waals surface area contributed by atoms with Crippen LogP contribution in [0.2, 0.25) is 0 Å². The third kappa shape index (κ3) is 5.87. The molecule has 34 heavy (non-hydrogen) atoms. The zero-order valence-electron chi connectivity index (χ0n) is 17.1. The summed E-state index contributed by atoms with van der Waals surface area (Å²) in [5.74, 6) is -7.90. The lowest BCUT2D eigenvalue weighted by Crippen LogP contribution is -2.49. The Labute approximate surface area is 190 Å². The van der Waals surface area contributed by atoms with Gasteiger partial charge in [-0.3, -0.25) is 0 Å². The Bertz CT molecular complexity index is 1010. The van der Waals surface area contributed by atoms with Crippen molar-refractivity contribution in [2.45, 2.75) is 24.4 Å². The van der Waals surface area contributed by atoms with Crippen molar-refractivity contribution in [2.24, 2.45) is 0 Å². The molecule has 0 aliphatic rings. The molecule has 14 heteroatoms. The number of rotatable bonds is 9. The summed E-state index contributed by atoms with van der Waals surface area (Å²) in [7, 11) is 0. The van der Waals surface area contributed by atoms with Gasteiger partial charge in [0, 0.05) is 0 Å². The molecule has 2 aromatic rings. The monoisotopic (exact) mass is 486 g/mol. The minimum atomic E-state index is -2.14. The quantitative estimate of drug-likeness (QED) is 0.141. The number of aromatic hydroxyl groups is 6. The lowest BCUT2D eigenvalue weighted by Gasteiger charge is -2.28. The van der Waals surface area contributed by atoms with Crippen molar-refractivity contribution in [2.75, 3.05) is 13.2 Å². The van der Waals surface area contributed by atoms with E-state index in [1.807, 2.05) is 0 Å². The third-order valence-corrected chi connectivity index (χ3v) is 4.56. The van der Waals surface area contributed by atoms with Gasteiger partial charge < -0.3 is 60.5 Å². The molecule has 0 saturated heterocycles. The van der Waals surface area contributed by atoms with Crippen molar-refractivity contribution in [3.8, 4) is 34.5 Å². The van der Waals surface area contributed by atoms with Crippen molar-refractivity contribution in [3.63, 3.8) is 0 Å². The summed E-state index contributed by atoms with van der Waals surface area (Å²) in [6, 6.07) is 2.88. The first kappa shape index (κ1) is 26.3. The van der Waals surface area contributed by atoms with Crippen LogP contribution in [0.4, 0.5) is 0 Å². The van der Waals surface area contributed by atoms with E-state index in [0.29, 0.717) is 12.1 Å². The highest BCUT2D eigenvalue weighted by molar-refractivity contribution is 5.92. The van der Waals surface area contributed by atoms with Gasteiger partial charge in [0.15, 0.2) is 40.6 Å². The van der Waals surface area contributed by atoms with Crippen LogP contribution >= 0.6 is 0 Å². The van der Waals surface area contributed by atoms with Crippen LogP contribution in [0.15, 0.2) is 24.3 Å². The van der Waals surface area contributed by atoms with Crippen LogP contribution in [0.1, 0.15) is 20.7 Å². The van der Waals surface area contributed by atoms with Crippen LogP contribution in [0.25, 0.3) is 0 Å². The molecule has 0 radical (unpaired) electrons. The number of esters is 2. The molecule has 0 saturated carbocycles. The Kier molecular flexibility index (Phi) is 8.31. The zero-order chi connectivity index (χ0) is 25.7. The first-order valence-corrected chi connectivity index (χ1v) is 9.40. The highest BCUT2D eigenvalue weighted by Gasteiger charge is 2.35. The molecule has 0 unspecified atom stereocenters.